The first kappa shape index (κ1) is 18.2. The Hall–Kier alpha value is -2.18. The van der Waals surface area contributed by atoms with E-state index in [2.05, 4.69) is 49.1 Å². The Bertz CT molecular complexity index is 842. The summed E-state index contributed by atoms with van der Waals surface area (Å²) < 4.78 is 6.23. The molecule has 2 aromatic rings. The van der Waals surface area contributed by atoms with Crippen molar-refractivity contribution in [2.24, 2.45) is 0 Å². The highest BCUT2D eigenvalue weighted by Gasteiger charge is 2.41. The average Bonchev–Trinajstić information content (AvgIpc) is 2.92. The summed E-state index contributed by atoms with van der Waals surface area (Å²) in [6.45, 7) is 4.47. The number of rotatable bonds is 4. The molecule has 2 fully saturated rings. The molecule has 27 heavy (non-hydrogen) atoms. The van der Waals surface area contributed by atoms with E-state index in [-0.39, 0.29) is 6.10 Å². The molecule has 0 radical (unpaired) electrons. The minimum Gasteiger partial charge on any atom is -0.490 e. The topological polar surface area (TPSA) is 36.3 Å². The zero-order valence-electron chi connectivity index (χ0n) is 15.9. The average molecular weight is 381 g/mol. The van der Waals surface area contributed by atoms with Gasteiger partial charge in [-0.1, -0.05) is 37.6 Å². The second-order valence-corrected chi connectivity index (χ2v) is 8.41. The van der Waals surface area contributed by atoms with Gasteiger partial charge in [-0.25, -0.2) is 0 Å². The van der Waals surface area contributed by atoms with Gasteiger partial charge in [-0.2, -0.15) is 5.26 Å². The maximum absolute atomic E-state index is 9.01. The van der Waals surface area contributed by atoms with Crippen LogP contribution in [0.5, 0.6) is 5.75 Å². The maximum Gasteiger partial charge on any atom is 0.121 e. The lowest BCUT2D eigenvalue weighted by Gasteiger charge is -2.40. The second-order valence-electron chi connectivity index (χ2n) is 8.00. The van der Waals surface area contributed by atoms with Crippen LogP contribution < -0.4 is 9.64 Å². The number of benzene rings is 2. The summed E-state index contributed by atoms with van der Waals surface area (Å²) >= 11 is 6.14. The van der Waals surface area contributed by atoms with Crippen molar-refractivity contribution in [1.29, 1.82) is 5.26 Å². The van der Waals surface area contributed by atoms with Crippen LogP contribution in [0.4, 0.5) is 5.69 Å². The van der Waals surface area contributed by atoms with Crippen molar-refractivity contribution >= 4 is 17.3 Å². The quantitative estimate of drug-likeness (QED) is 0.661. The molecule has 0 saturated carbocycles. The fourth-order valence-electron chi connectivity index (χ4n) is 4.53. The number of anilines is 1. The van der Waals surface area contributed by atoms with Crippen LogP contribution in [0, 0.1) is 11.3 Å². The molecule has 0 N–H and O–H groups in total. The molecule has 0 aliphatic carbocycles. The SMILES string of the molecule is CC(C)c1ccc(N2C3CCC2CC(Oc2ccc(C#N)c(Cl)c2)C3)cc1. The van der Waals surface area contributed by atoms with Gasteiger partial charge in [0.15, 0.2) is 0 Å². The van der Waals surface area contributed by atoms with E-state index in [1.165, 1.54) is 24.1 Å². The van der Waals surface area contributed by atoms with E-state index in [0.717, 1.165) is 18.6 Å². The summed E-state index contributed by atoms with van der Waals surface area (Å²) in [5.41, 5.74) is 3.22. The molecule has 2 aromatic carbocycles. The summed E-state index contributed by atoms with van der Waals surface area (Å²) in [5.74, 6) is 1.33. The highest BCUT2D eigenvalue weighted by Crippen LogP contribution is 2.41. The van der Waals surface area contributed by atoms with Crippen molar-refractivity contribution in [1.82, 2.24) is 0 Å². The van der Waals surface area contributed by atoms with E-state index in [4.69, 9.17) is 21.6 Å². The lowest BCUT2D eigenvalue weighted by atomic mass is 9.97. The Labute approximate surface area is 166 Å². The van der Waals surface area contributed by atoms with E-state index < -0.39 is 0 Å². The van der Waals surface area contributed by atoms with Crippen molar-refractivity contribution in [2.75, 3.05) is 4.90 Å². The number of halogens is 1. The van der Waals surface area contributed by atoms with Crippen LogP contribution in [0.25, 0.3) is 0 Å². The van der Waals surface area contributed by atoms with Crippen LogP contribution >= 0.6 is 11.6 Å². The van der Waals surface area contributed by atoms with E-state index in [1.54, 1.807) is 12.1 Å². The number of piperidine rings is 1. The maximum atomic E-state index is 9.01. The van der Waals surface area contributed by atoms with Gasteiger partial charge in [-0.3, -0.25) is 0 Å². The molecule has 140 valence electrons. The number of hydrogen-bond acceptors (Lipinski definition) is 3. The number of nitriles is 1. The van der Waals surface area contributed by atoms with Crippen LogP contribution in [-0.2, 0) is 0 Å². The summed E-state index contributed by atoms with van der Waals surface area (Å²) in [7, 11) is 0. The Morgan fingerprint density at radius 1 is 1.07 bits per heavy atom. The molecule has 4 heteroatoms. The van der Waals surface area contributed by atoms with Crippen molar-refractivity contribution in [3.8, 4) is 11.8 Å². The van der Waals surface area contributed by atoms with Crippen LogP contribution in [0.1, 0.15) is 56.6 Å². The van der Waals surface area contributed by atoms with Gasteiger partial charge < -0.3 is 9.64 Å². The molecule has 2 bridgehead atoms. The van der Waals surface area contributed by atoms with Gasteiger partial charge in [-0.15, -0.1) is 0 Å². The highest BCUT2D eigenvalue weighted by molar-refractivity contribution is 6.31. The first-order valence-corrected chi connectivity index (χ1v) is 10.2. The van der Waals surface area contributed by atoms with E-state index in [9.17, 15) is 0 Å². The largest absolute Gasteiger partial charge is 0.490 e. The van der Waals surface area contributed by atoms with Gasteiger partial charge in [0, 0.05) is 36.7 Å². The fraction of sp³-hybridized carbons (Fsp3) is 0.435. The van der Waals surface area contributed by atoms with Gasteiger partial charge in [0.25, 0.3) is 0 Å². The van der Waals surface area contributed by atoms with Gasteiger partial charge in [-0.05, 0) is 48.6 Å². The normalized spacial score (nSPS) is 24.1. The van der Waals surface area contributed by atoms with Crippen molar-refractivity contribution < 1.29 is 4.74 Å². The molecule has 4 rings (SSSR count). The van der Waals surface area contributed by atoms with Crippen molar-refractivity contribution in [3.05, 3.63) is 58.6 Å². The zero-order valence-corrected chi connectivity index (χ0v) is 16.6. The number of nitrogens with zero attached hydrogens (tertiary/aromatic N) is 2. The summed E-state index contributed by atoms with van der Waals surface area (Å²) in [4.78, 5) is 2.61. The summed E-state index contributed by atoms with van der Waals surface area (Å²) in [6, 6.07) is 17.6. The number of ether oxygens (including phenoxy) is 1. The lowest BCUT2D eigenvalue weighted by Crippen LogP contribution is -2.46. The zero-order chi connectivity index (χ0) is 19.0. The predicted molar refractivity (Wildman–Crippen MR) is 110 cm³/mol. The van der Waals surface area contributed by atoms with E-state index in [0.29, 0.717) is 28.6 Å². The molecule has 2 saturated heterocycles. The van der Waals surface area contributed by atoms with Gasteiger partial charge >= 0.3 is 0 Å². The Balaban J connectivity index is 1.46. The summed E-state index contributed by atoms with van der Waals surface area (Å²) in [5, 5.41) is 9.47. The van der Waals surface area contributed by atoms with Crippen LogP contribution in [0.3, 0.4) is 0 Å². The molecule has 0 amide bonds. The number of fused-ring (bicyclic) bond motifs is 2. The van der Waals surface area contributed by atoms with E-state index in [1.807, 2.05) is 6.07 Å². The third-order valence-electron chi connectivity index (χ3n) is 5.91. The molecular formula is C23H25ClN2O. The predicted octanol–water partition coefficient (Wildman–Crippen LogP) is 5.91. The van der Waals surface area contributed by atoms with Gasteiger partial charge in [0.1, 0.15) is 17.9 Å². The van der Waals surface area contributed by atoms with Crippen LogP contribution in [-0.4, -0.2) is 18.2 Å². The van der Waals surface area contributed by atoms with Crippen molar-refractivity contribution in [2.45, 2.75) is 63.6 Å². The molecule has 3 nitrogen and oxygen atoms in total. The minimum atomic E-state index is 0.206. The van der Waals surface area contributed by atoms with Gasteiger partial charge in [0.05, 0.1) is 10.6 Å². The highest BCUT2D eigenvalue weighted by atomic mass is 35.5. The Kier molecular flexibility index (Phi) is 5.02. The van der Waals surface area contributed by atoms with Gasteiger partial charge in [0.2, 0.25) is 0 Å². The molecule has 2 heterocycles. The molecule has 2 aliphatic rings. The first-order chi connectivity index (χ1) is 13.0. The molecule has 2 atom stereocenters. The van der Waals surface area contributed by atoms with Crippen LogP contribution in [0.15, 0.2) is 42.5 Å². The Morgan fingerprint density at radius 3 is 2.30 bits per heavy atom. The standard InChI is InChI=1S/C23H25ClN2O/c1-15(2)16-3-6-18(7-4-16)26-19-8-9-20(26)12-22(11-19)27-21-10-5-17(14-25)23(24)13-21/h3-7,10,13,15,19-20,22H,8-9,11-12H2,1-2H3. The lowest BCUT2D eigenvalue weighted by molar-refractivity contribution is 0.150. The fourth-order valence-corrected chi connectivity index (χ4v) is 4.74. The monoisotopic (exact) mass is 380 g/mol. The smallest absolute Gasteiger partial charge is 0.121 e. The molecular weight excluding hydrogens is 356 g/mol. The third-order valence-corrected chi connectivity index (χ3v) is 6.22. The second kappa shape index (κ2) is 7.44. The van der Waals surface area contributed by atoms with Crippen LogP contribution in [0.2, 0.25) is 5.02 Å². The van der Waals surface area contributed by atoms with Crippen molar-refractivity contribution in [3.63, 3.8) is 0 Å². The number of hydrogen-bond donors (Lipinski definition) is 0. The summed E-state index contributed by atoms with van der Waals surface area (Å²) in [6.07, 6.45) is 4.72. The first-order valence-electron chi connectivity index (χ1n) is 9.79. The molecule has 0 spiro atoms. The molecule has 2 unspecified atom stereocenters. The van der Waals surface area contributed by atoms with E-state index >= 15 is 0 Å². The molecule has 2 aliphatic heterocycles. The third kappa shape index (κ3) is 3.64. The molecule has 0 aromatic heterocycles. The Morgan fingerprint density at radius 2 is 1.74 bits per heavy atom. The minimum absolute atomic E-state index is 0.206.